The van der Waals surface area contributed by atoms with Crippen molar-refractivity contribution in [3.8, 4) is 11.5 Å². The number of halogens is 2. The van der Waals surface area contributed by atoms with Gasteiger partial charge in [0.25, 0.3) is 0 Å². The number of nitrogens with zero attached hydrogens (tertiary/aromatic N) is 3. The molecule has 0 bridgehead atoms. The molecule has 0 saturated heterocycles. The average molecular weight is 346 g/mol. The lowest BCUT2D eigenvalue weighted by Gasteiger charge is -1.95. The largest absolute Gasteiger partial charge is 0.402 e. The average Bonchev–Trinajstić information content (AvgIpc) is 2.96. The third-order valence-corrected chi connectivity index (χ3v) is 3.20. The first-order valence-electron chi connectivity index (χ1n) is 6.10. The van der Waals surface area contributed by atoms with E-state index in [1.807, 2.05) is 30.3 Å². The molecule has 1 aromatic heterocycles. The Morgan fingerprint density at radius 3 is 2.67 bits per heavy atom. The molecule has 0 aliphatic carbocycles. The first kappa shape index (κ1) is 13.6. The zero-order chi connectivity index (χ0) is 14.7. The molecule has 21 heavy (non-hydrogen) atoms. The van der Waals surface area contributed by atoms with E-state index in [9.17, 15) is 4.39 Å². The van der Waals surface area contributed by atoms with Gasteiger partial charge in [-0.15, -0.1) is 5.10 Å². The molecule has 1 heterocycles. The van der Waals surface area contributed by atoms with Gasteiger partial charge in [0.15, 0.2) is 0 Å². The fourth-order valence-electron chi connectivity index (χ4n) is 1.70. The Hall–Kier alpha value is -2.34. The van der Waals surface area contributed by atoms with Crippen LogP contribution >= 0.6 is 15.9 Å². The van der Waals surface area contributed by atoms with E-state index >= 15 is 0 Å². The van der Waals surface area contributed by atoms with Crippen LogP contribution in [0.3, 0.4) is 0 Å². The summed E-state index contributed by atoms with van der Waals surface area (Å²) in [6.45, 7) is 0. The Morgan fingerprint density at radius 1 is 1.10 bits per heavy atom. The molecule has 0 saturated carbocycles. The Morgan fingerprint density at radius 2 is 1.90 bits per heavy atom. The van der Waals surface area contributed by atoms with Crippen molar-refractivity contribution in [1.29, 1.82) is 0 Å². The van der Waals surface area contributed by atoms with E-state index in [-0.39, 0.29) is 11.8 Å². The van der Waals surface area contributed by atoms with Crippen molar-refractivity contribution < 1.29 is 8.81 Å². The van der Waals surface area contributed by atoms with Crippen molar-refractivity contribution >= 4 is 28.2 Å². The molecule has 0 amide bonds. The minimum absolute atomic E-state index is 0.0798. The van der Waals surface area contributed by atoms with Crippen LogP contribution in [-0.2, 0) is 0 Å². The standard InChI is InChI=1S/C15H9BrFN3O/c16-12-7-6-11(13(17)8-12)9-18-15-20-19-14(21-15)10-4-2-1-3-5-10/h1-9H/b18-9+. The smallest absolute Gasteiger partial charge is 0.342 e. The third-order valence-electron chi connectivity index (χ3n) is 2.71. The second kappa shape index (κ2) is 5.97. The van der Waals surface area contributed by atoms with Gasteiger partial charge in [0.1, 0.15) is 5.82 Å². The van der Waals surface area contributed by atoms with Crippen LogP contribution in [-0.4, -0.2) is 16.4 Å². The van der Waals surface area contributed by atoms with Gasteiger partial charge in [0.05, 0.1) is 0 Å². The van der Waals surface area contributed by atoms with Gasteiger partial charge >= 0.3 is 6.01 Å². The van der Waals surface area contributed by atoms with E-state index in [4.69, 9.17) is 4.42 Å². The summed E-state index contributed by atoms with van der Waals surface area (Å²) in [6.07, 6.45) is 1.35. The van der Waals surface area contributed by atoms with E-state index in [1.54, 1.807) is 12.1 Å². The minimum atomic E-state index is -0.379. The maximum atomic E-state index is 13.6. The van der Waals surface area contributed by atoms with Gasteiger partial charge in [-0.25, -0.2) is 9.38 Å². The molecule has 0 radical (unpaired) electrons. The van der Waals surface area contributed by atoms with Gasteiger partial charge in [-0.2, -0.15) is 0 Å². The Bertz CT molecular complexity index is 787. The molecule has 0 spiro atoms. The van der Waals surface area contributed by atoms with Crippen molar-refractivity contribution in [2.75, 3.05) is 0 Å². The quantitative estimate of drug-likeness (QED) is 0.661. The van der Waals surface area contributed by atoms with E-state index < -0.39 is 0 Å². The molecule has 0 fully saturated rings. The van der Waals surface area contributed by atoms with Crippen molar-refractivity contribution in [1.82, 2.24) is 10.2 Å². The zero-order valence-electron chi connectivity index (χ0n) is 10.7. The predicted molar refractivity (Wildman–Crippen MR) is 81.1 cm³/mol. The Labute approximate surface area is 128 Å². The molecule has 2 aromatic carbocycles. The van der Waals surface area contributed by atoms with Crippen molar-refractivity contribution in [3.63, 3.8) is 0 Å². The predicted octanol–water partition coefficient (Wildman–Crippen LogP) is 4.39. The van der Waals surface area contributed by atoms with Crippen LogP contribution in [0.2, 0.25) is 0 Å². The molecule has 0 N–H and O–H groups in total. The summed E-state index contributed by atoms with van der Waals surface area (Å²) in [6, 6.07) is 14.1. The van der Waals surface area contributed by atoms with Crippen LogP contribution < -0.4 is 0 Å². The molecular weight excluding hydrogens is 337 g/mol. The summed E-state index contributed by atoms with van der Waals surface area (Å²) in [5, 5.41) is 7.71. The molecular formula is C15H9BrFN3O. The monoisotopic (exact) mass is 345 g/mol. The van der Waals surface area contributed by atoms with Crippen molar-refractivity contribution in [2.24, 2.45) is 4.99 Å². The molecule has 4 nitrogen and oxygen atoms in total. The molecule has 3 rings (SSSR count). The van der Waals surface area contributed by atoms with Crippen molar-refractivity contribution in [2.45, 2.75) is 0 Å². The molecule has 104 valence electrons. The summed E-state index contributed by atoms with van der Waals surface area (Å²) < 4.78 is 19.7. The van der Waals surface area contributed by atoms with Crippen LogP contribution in [0.4, 0.5) is 10.4 Å². The number of aliphatic imine (C=N–C) groups is 1. The zero-order valence-corrected chi connectivity index (χ0v) is 12.3. The van der Waals surface area contributed by atoms with Gasteiger partial charge in [0.2, 0.25) is 5.89 Å². The van der Waals surface area contributed by atoms with Gasteiger partial charge in [-0.05, 0) is 30.3 Å². The number of hydrogen-bond donors (Lipinski definition) is 0. The van der Waals surface area contributed by atoms with Crippen LogP contribution in [0, 0.1) is 5.82 Å². The fraction of sp³-hybridized carbons (Fsp3) is 0. The summed E-state index contributed by atoms with van der Waals surface area (Å²) in [7, 11) is 0. The number of hydrogen-bond acceptors (Lipinski definition) is 4. The normalized spacial score (nSPS) is 11.1. The van der Waals surface area contributed by atoms with Crippen LogP contribution in [0.1, 0.15) is 5.56 Å². The summed E-state index contributed by atoms with van der Waals surface area (Å²) >= 11 is 3.20. The summed E-state index contributed by atoms with van der Waals surface area (Å²) in [5.74, 6) is -0.00467. The second-order valence-corrected chi connectivity index (χ2v) is 5.10. The van der Waals surface area contributed by atoms with E-state index in [2.05, 4.69) is 31.1 Å². The van der Waals surface area contributed by atoms with Gasteiger partial charge in [0, 0.05) is 21.8 Å². The van der Waals surface area contributed by atoms with Gasteiger partial charge in [-0.1, -0.05) is 39.2 Å². The van der Waals surface area contributed by atoms with Crippen LogP contribution in [0.15, 0.2) is 62.4 Å². The minimum Gasteiger partial charge on any atom is -0.402 e. The maximum Gasteiger partial charge on any atom is 0.342 e. The molecule has 0 aliphatic rings. The van der Waals surface area contributed by atoms with E-state index in [1.165, 1.54) is 12.3 Å². The summed E-state index contributed by atoms with van der Waals surface area (Å²) in [5.41, 5.74) is 1.15. The lowest BCUT2D eigenvalue weighted by Crippen LogP contribution is -1.87. The maximum absolute atomic E-state index is 13.6. The number of aromatic nitrogens is 2. The Kier molecular flexibility index (Phi) is 3.87. The summed E-state index contributed by atoms with van der Waals surface area (Å²) in [4.78, 5) is 3.99. The lowest BCUT2D eigenvalue weighted by molar-refractivity contribution is 0.580. The molecule has 0 atom stereocenters. The van der Waals surface area contributed by atoms with Crippen LogP contribution in [0.25, 0.3) is 11.5 Å². The first-order valence-corrected chi connectivity index (χ1v) is 6.90. The van der Waals surface area contributed by atoms with Crippen LogP contribution in [0.5, 0.6) is 0 Å². The number of rotatable bonds is 3. The Balaban J connectivity index is 1.83. The van der Waals surface area contributed by atoms with Crippen molar-refractivity contribution in [3.05, 3.63) is 64.4 Å². The van der Waals surface area contributed by atoms with E-state index in [0.717, 1.165) is 5.56 Å². The molecule has 0 aliphatic heterocycles. The molecule has 6 heteroatoms. The van der Waals surface area contributed by atoms with Gasteiger partial charge < -0.3 is 4.42 Å². The SMILES string of the molecule is Fc1cc(Br)ccc1/C=N/c1nnc(-c2ccccc2)o1. The fourth-order valence-corrected chi connectivity index (χ4v) is 2.03. The van der Waals surface area contributed by atoms with E-state index in [0.29, 0.717) is 15.9 Å². The molecule has 0 unspecified atom stereocenters. The van der Waals surface area contributed by atoms with Gasteiger partial charge in [-0.3, -0.25) is 0 Å². The first-order chi connectivity index (χ1) is 10.2. The highest BCUT2D eigenvalue weighted by Gasteiger charge is 2.07. The molecule has 3 aromatic rings. The second-order valence-electron chi connectivity index (χ2n) is 4.18. The highest BCUT2D eigenvalue weighted by Crippen LogP contribution is 2.21. The highest BCUT2D eigenvalue weighted by molar-refractivity contribution is 9.10. The third kappa shape index (κ3) is 3.22. The number of benzene rings is 2. The topological polar surface area (TPSA) is 51.3 Å². The highest BCUT2D eigenvalue weighted by atomic mass is 79.9. The lowest BCUT2D eigenvalue weighted by atomic mass is 10.2.